The van der Waals surface area contributed by atoms with E-state index in [4.69, 9.17) is 4.52 Å². The van der Waals surface area contributed by atoms with Gasteiger partial charge in [-0.05, 0) is 18.9 Å². The number of hydrogen-bond donors (Lipinski definition) is 2. The SMILES string of the molecule is CS(=O)(=O)N1CCC(c2noc(CNC(=O)c3ccn[nH]3)n2)CC1. The van der Waals surface area contributed by atoms with Crippen LogP contribution in [0.1, 0.15) is 41.0 Å². The number of aromatic amines is 1. The van der Waals surface area contributed by atoms with Gasteiger partial charge in [-0.25, -0.2) is 12.7 Å². The van der Waals surface area contributed by atoms with Gasteiger partial charge < -0.3 is 9.84 Å². The largest absolute Gasteiger partial charge is 0.342 e. The van der Waals surface area contributed by atoms with Crippen molar-refractivity contribution in [1.29, 1.82) is 0 Å². The van der Waals surface area contributed by atoms with Gasteiger partial charge in [-0.3, -0.25) is 9.89 Å². The van der Waals surface area contributed by atoms with Crippen molar-refractivity contribution in [2.75, 3.05) is 19.3 Å². The third kappa shape index (κ3) is 3.79. The number of amides is 1. The summed E-state index contributed by atoms with van der Waals surface area (Å²) < 4.78 is 29.6. The summed E-state index contributed by atoms with van der Waals surface area (Å²) in [6, 6.07) is 1.56. The summed E-state index contributed by atoms with van der Waals surface area (Å²) in [4.78, 5) is 16.1. The highest BCUT2D eigenvalue weighted by atomic mass is 32.2. The number of hydrogen-bond acceptors (Lipinski definition) is 7. The van der Waals surface area contributed by atoms with Gasteiger partial charge >= 0.3 is 0 Å². The van der Waals surface area contributed by atoms with Gasteiger partial charge in [0.1, 0.15) is 5.69 Å². The predicted molar refractivity (Wildman–Crippen MR) is 82.4 cm³/mol. The summed E-state index contributed by atoms with van der Waals surface area (Å²) >= 11 is 0. The Kier molecular flexibility index (Phi) is 4.62. The average Bonchev–Trinajstić information content (AvgIpc) is 3.23. The van der Waals surface area contributed by atoms with Crippen LogP contribution in [0.15, 0.2) is 16.8 Å². The maximum atomic E-state index is 11.8. The number of nitrogens with one attached hydrogen (secondary N) is 2. The summed E-state index contributed by atoms with van der Waals surface area (Å²) in [5.74, 6) is 0.606. The van der Waals surface area contributed by atoms with E-state index in [1.165, 1.54) is 16.8 Å². The molecule has 11 heteroatoms. The zero-order valence-electron chi connectivity index (χ0n) is 13.1. The van der Waals surface area contributed by atoms with E-state index in [1.807, 2.05) is 0 Å². The maximum absolute atomic E-state index is 11.8. The summed E-state index contributed by atoms with van der Waals surface area (Å²) in [6.07, 6.45) is 3.99. The molecule has 130 valence electrons. The quantitative estimate of drug-likeness (QED) is 0.763. The normalized spacial score (nSPS) is 17.0. The fourth-order valence-electron chi connectivity index (χ4n) is 2.58. The van der Waals surface area contributed by atoms with E-state index in [0.717, 1.165) is 0 Å². The molecule has 0 aliphatic carbocycles. The first kappa shape index (κ1) is 16.6. The summed E-state index contributed by atoms with van der Waals surface area (Å²) in [6.45, 7) is 1.01. The first-order valence-electron chi connectivity index (χ1n) is 7.48. The van der Waals surface area contributed by atoms with Crippen LogP contribution in [0, 0.1) is 0 Å². The van der Waals surface area contributed by atoms with Crippen LogP contribution < -0.4 is 5.32 Å². The lowest BCUT2D eigenvalue weighted by atomic mass is 9.98. The van der Waals surface area contributed by atoms with Gasteiger partial charge in [0.2, 0.25) is 15.9 Å². The number of carbonyl (C=O) groups is 1. The summed E-state index contributed by atoms with van der Waals surface area (Å²) in [5, 5.41) is 12.9. The second-order valence-electron chi connectivity index (χ2n) is 5.64. The van der Waals surface area contributed by atoms with Crippen LogP contribution in [0.4, 0.5) is 0 Å². The first-order chi connectivity index (χ1) is 11.4. The molecule has 0 unspecified atom stereocenters. The minimum Gasteiger partial charge on any atom is -0.342 e. The fourth-order valence-corrected chi connectivity index (χ4v) is 3.46. The van der Waals surface area contributed by atoms with Crippen molar-refractivity contribution in [1.82, 2.24) is 30.0 Å². The maximum Gasteiger partial charge on any atom is 0.269 e. The van der Waals surface area contributed by atoms with Gasteiger partial charge in [0.05, 0.1) is 12.8 Å². The smallest absolute Gasteiger partial charge is 0.269 e. The van der Waals surface area contributed by atoms with Crippen molar-refractivity contribution in [3.63, 3.8) is 0 Å². The van der Waals surface area contributed by atoms with E-state index in [-0.39, 0.29) is 18.4 Å². The van der Waals surface area contributed by atoms with E-state index in [0.29, 0.717) is 43.3 Å². The molecule has 2 N–H and O–H groups in total. The first-order valence-corrected chi connectivity index (χ1v) is 9.33. The van der Waals surface area contributed by atoms with Gasteiger partial charge in [0.15, 0.2) is 5.82 Å². The number of sulfonamides is 1. The van der Waals surface area contributed by atoms with Crippen LogP contribution in [-0.2, 0) is 16.6 Å². The molecule has 1 amide bonds. The Morgan fingerprint density at radius 1 is 1.46 bits per heavy atom. The lowest BCUT2D eigenvalue weighted by molar-refractivity contribution is 0.0941. The molecule has 3 rings (SSSR count). The number of H-pyrrole nitrogens is 1. The van der Waals surface area contributed by atoms with Crippen LogP contribution >= 0.6 is 0 Å². The zero-order chi connectivity index (χ0) is 17.2. The van der Waals surface area contributed by atoms with Crippen molar-refractivity contribution in [3.05, 3.63) is 29.7 Å². The third-order valence-electron chi connectivity index (χ3n) is 3.92. The summed E-state index contributed by atoms with van der Waals surface area (Å²) in [5.41, 5.74) is 0.350. The molecule has 0 atom stereocenters. The van der Waals surface area contributed by atoms with Crippen LogP contribution in [0.25, 0.3) is 0 Å². The molecule has 1 aliphatic heterocycles. The van der Waals surface area contributed by atoms with Gasteiger partial charge in [-0.15, -0.1) is 0 Å². The van der Waals surface area contributed by atoms with Gasteiger partial charge in [-0.1, -0.05) is 5.16 Å². The molecule has 24 heavy (non-hydrogen) atoms. The molecule has 0 aromatic carbocycles. The van der Waals surface area contributed by atoms with Crippen LogP contribution in [0.5, 0.6) is 0 Å². The Balaban J connectivity index is 1.54. The molecule has 2 aromatic rings. The van der Waals surface area contributed by atoms with Gasteiger partial charge in [0.25, 0.3) is 5.91 Å². The Morgan fingerprint density at radius 3 is 2.83 bits per heavy atom. The second-order valence-corrected chi connectivity index (χ2v) is 7.62. The monoisotopic (exact) mass is 354 g/mol. The molecule has 1 saturated heterocycles. The van der Waals surface area contributed by atoms with Crippen molar-refractivity contribution in [2.45, 2.75) is 25.3 Å². The molecule has 1 fully saturated rings. The van der Waals surface area contributed by atoms with Crippen LogP contribution in [0.2, 0.25) is 0 Å². The molecular weight excluding hydrogens is 336 g/mol. The Hall–Kier alpha value is -2.27. The Labute approximate surface area is 138 Å². The second kappa shape index (κ2) is 6.69. The standard InChI is InChI=1S/C13H18N6O4S/c1-24(21,22)19-6-3-9(4-7-19)12-16-11(23-18-12)8-14-13(20)10-2-5-15-17-10/h2,5,9H,3-4,6-8H2,1H3,(H,14,20)(H,15,17). The topological polar surface area (TPSA) is 134 Å². The predicted octanol–water partition coefficient (Wildman–Crippen LogP) is -0.138. The third-order valence-corrected chi connectivity index (χ3v) is 5.22. The molecule has 1 aliphatic rings. The number of rotatable bonds is 5. The highest BCUT2D eigenvalue weighted by molar-refractivity contribution is 7.88. The van der Waals surface area contributed by atoms with E-state index in [2.05, 4.69) is 25.7 Å². The van der Waals surface area contributed by atoms with Crippen molar-refractivity contribution < 1.29 is 17.7 Å². The van der Waals surface area contributed by atoms with Crippen molar-refractivity contribution >= 4 is 15.9 Å². The van der Waals surface area contributed by atoms with Gasteiger partial charge in [0, 0.05) is 25.2 Å². The van der Waals surface area contributed by atoms with Crippen LogP contribution in [0.3, 0.4) is 0 Å². The lowest BCUT2D eigenvalue weighted by Crippen LogP contribution is -2.37. The number of carbonyl (C=O) groups excluding carboxylic acids is 1. The van der Waals surface area contributed by atoms with Crippen molar-refractivity contribution in [3.8, 4) is 0 Å². The fraction of sp³-hybridized carbons (Fsp3) is 0.538. The Bertz CT molecular complexity index is 792. The number of piperidine rings is 1. The molecule has 0 spiro atoms. The van der Waals surface area contributed by atoms with E-state index in [9.17, 15) is 13.2 Å². The highest BCUT2D eigenvalue weighted by Crippen LogP contribution is 2.26. The highest BCUT2D eigenvalue weighted by Gasteiger charge is 2.28. The molecule has 0 radical (unpaired) electrons. The van der Waals surface area contributed by atoms with Crippen molar-refractivity contribution in [2.24, 2.45) is 0 Å². The van der Waals surface area contributed by atoms with E-state index >= 15 is 0 Å². The molecular formula is C13H18N6O4S. The molecule has 2 aromatic heterocycles. The molecule has 3 heterocycles. The lowest BCUT2D eigenvalue weighted by Gasteiger charge is -2.28. The van der Waals surface area contributed by atoms with Gasteiger partial charge in [-0.2, -0.15) is 10.1 Å². The molecule has 0 bridgehead atoms. The average molecular weight is 354 g/mol. The number of nitrogens with zero attached hydrogens (tertiary/aromatic N) is 4. The molecule has 0 saturated carbocycles. The molecule has 10 nitrogen and oxygen atoms in total. The van der Waals surface area contributed by atoms with E-state index < -0.39 is 10.0 Å². The minimum absolute atomic E-state index is 0.0591. The number of aromatic nitrogens is 4. The van der Waals surface area contributed by atoms with Crippen LogP contribution in [-0.4, -0.2) is 58.3 Å². The minimum atomic E-state index is -3.15. The summed E-state index contributed by atoms with van der Waals surface area (Å²) in [7, 11) is -3.15. The van der Waals surface area contributed by atoms with E-state index in [1.54, 1.807) is 6.07 Å². The Morgan fingerprint density at radius 2 is 2.21 bits per heavy atom. The zero-order valence-corrected chi connectivity index (χ0v) is 13.9.